The van der Waals surface area contributed by atoms with Crippen LogP contribution < -0.4 is 14.8 Å². The molecule has 0 aromatic heterocycles. The number of hydrogen-bond acceptors (Lipinski definition) is 3. The molecule has 106 valence electrons. The summed E-state index contributed by atoms with van der Waals surface area (Å²) >= 11 is 0. The van der Waals surface area contributed by atoms with Gasteiger partial charge in [0, 0.05) is 18.2 Å². The van der Waals surface area contributed by atoms with E-state index in [4.69, 9.17) is 9.47 Å². The Hall–Kier alpha value is -2.23. The molecule has 0 aliphatic rings. The van der Waals surface area contributed by atoms with Gasteiger partial charge in [0.15, 0.2) is 0 Å². The van der Waals surface area contributed by atoms with E-state index in [1.165, 1.54) is 19.2 Å². The smallest absolute Gasteiger partial charge is 0.144 e. The molecule has 4 heteroatoms. The summed E-state index contributed by atoms with van der Waals surface area (Å²) in [5, 5.41) is 3.24. The van der Waals surface area contributed by atoms with Crippen LogP contribution in [0.5, 0.6) is 11.5 Å². The molecule has 0 amide bonds. The Balaban J connectivity index is 2.18. The van der Waals surface area contributed by atoms with Gasteiger partial charge in [-0.05, 0) is 25.1 Å². The van der Waals surface area contributed by atoms with E-state index in [1.54, 1.807) is 13.2 Å². The van der Waals surface area contributed by atoms with Crippen LogP contribution in [-0.2, 0) is 6.54 Å². The van der Waals surface area contributed by atoms with E-state index >= 15 is 0 Å². The lowest BCUT2D eigenvalue weighted by Crippen LogP contribution is -2.03. The number of aryl methyl sites for hydroxylation is 1. The van der Waals surface area contributed by atoms with Gasteiger partial charge in [0.05, 0.1) is 19.9 Å². The number of ether oxygens (including phenoxy) is 2. The first-order valence-electron chi connectivity index (χ1n) is 6.35. The molecule has 0 aliphatic carbocycles. The summed E-state index contributed by atoms with van der Waals surface area (Å²) in [7, 11) is 3.17. The minimum Gasteiger partial charge on any atom is -0.496 e. The summed E-state index contributed by atoms with van der Waals surface area (Å²) in [4.78, 5) is 0. The summed E-state index contributed by atoms with van der Waals surface area (Å²) in [6.45, 7) is 2.61. The molecule has 0 aliphatic heterocycles. The first-order chi connectivity index (χ1) is 9.63. The molecule has 0 radical (unpaired) electrons. The van der Waals surface area contributed by atoms with Crippen LogP contribution in [-0.4, -0.2) is 14.2 Å². The second-order valence-electron chi connectivity index (χ2n) is 4.51. The summed E-state index contributed by atoms with van der Waals surface area (Å²) in [5.41, 5.74) is 2.95. The highest BCUT2D eigenvalue weighted by molar-refractivity contribution is 5.57. The molecule has 20 heavy (non-hydrogen) atoms. The van der Waals surface area contributed by atoms with E-state index in [9.17, 15) is 4.39 Å². The Morgan fingerprint density at radius 1 is 1.00 bits per heavy atom. The third-order valence-corrected chi connectivity index (χ3v) is 3.07. The number of hydrogen-bond donors (Lipinski definition) is 1. The molecule has 0 bridgehead atoms. The lowest BCUT2D eigenvalue weighted by atomic mass is 10.1. The van der Waals surface area contributed by atoms with E-state index in [2.05, 4.69) is 11.4 Å². The summed E-state index contributed by atoms with van der Waals surface area (Å²) in [5.74, 6) is 0.987. The minimum atomic E-state index is -0.319. The number of anilines is 1. The second-order valence-corrected chi connectivity index (χ2v) is 4.51. The molecule has 0 spiro atoms. The first-order valence-corrected chi connectivity index (χ1v) is 6.35. The maximum absolute atomic E-state index is 13.1. The van der Waals surface area contributed by atoms with Gasteiger partial charge in [0.1, 0.15) is 17.3 Å². The van der Waals surface area contributed by atoms with Crippen LogP contribution in [0.1, 0.15) is 11.1 Å². The third-order valence-electron chi connectivity index (χ3n) is 3.07. The first kappa shape index (κ1) is 14.2. The normalized spacial score (nSPS) is 10.2. The van der Waals surface area contributed by atoms with Gasteiger partial charge >= 0.3 is 0 Å². The van der Waals surface area contributed by atoms with E-state index < -0.39 is 0 Å². The van der Waals surface area contributed by atoms with Crippen LogP contribution in [0.3, 0.4) is 0 Å². The highest BCUT2D eigenvalue weighted by atomic mass is 19.1. The molecule has 0 atom stereocenters. The molecule has 2 aromatic carbocycles. The maximum Gasteiger partial charge on any atom is 0.144 e. The Morgan fingerprint density at radius 3 is 2.45 bits per heavy atom. The van der Waals surface area contributed by atoms with Gasteiger partial charge in [-0.15, -0.1) is 0 Å². The highest BCUT2D eigenvalue weighted by Gasteiger charge is 2.07. The number of nitrogens with one attached hydrogen (secondary N) is 1. The Labute approximate surface area is 118 Å². The molecule has 2 rings (SSSR count). The summed E-state index contributed by atoms with van der Waals surface area (Å²) in [6, 6.07) is 10.4. The van der Waals surface area contributed by atoms with Crippen LogP contribution >= 0.6 is 0 Å². The van der Waals surface area contributed by atoms with E-state index in [0.717, 1.165) is 22.6 Å². The molecule has 3 nitrogen and oxygen atoms in total. The number of methoxy groups -OCH3 is 2. The van der Waals surface area contributed by atoms with Crippen molar-refractivity contribution in [2.75, 3.05) is 19.5 Å². The van der Waals surface area contributed by atoms with Gasteiger partial charge in [0.2, 0.25) is 0 Å². The Bertz CT molecular complexity index is 599. The highest BCUT2D eigenvalue weighted by Crippen LogP contribution is 2.27. The van der Waals surface area contributed by atoms with Crippen LogP contribution in [0.25, 0.3) is 0 Å². The Morgan fingerprint density at radius 2 is 1.75 bits per heavy atom. The molecule has 2 aromatic rings. The van der Waals surface area contributed by atoms with Gasteiger partial charge in [-0.25, -0.2) is 4.39 Å². The van der Waals surface area contributed by atoms with Crippen molar-refractivity contribution in [3.63, 3.8) is 0 Å². The summed E-state index contributed by atoms with van der Waals surface area (Å²) in [6.07, 6.45) is 0. The van der Waals surface area contributed by atoms with Crippen molar-refractivity contribution in [2.45, 2.75) is 13.5 Å². The average molecular weight is 275 g/mol. The third kappa shape index (κ3) is 3.20. The zero-order chi connectivity index (χ0) is 14.5. The van der Waals surface area contributed by atoms with Crippen LogP contribution in [0.4, 0.5) is 10.1 Å². The lowest BCUT2D eigenvalue weighted by Gasteiger charge is -2.14. The van der Waals surface area contributed by atoms with Gasteiger partial charge in [-0.2, -0.15) is 0 Å². The molecular weight excluding hydrogens is 257 g/mol. The lowest BCUT2D eigenvalue weighted by molar-refractivity contribution is 0.409. The van der Waals surface area contributed by atoms with Crippen molar-refractivity contribution in [1.29, 1.82) is 0 Å². The van der Waals surface area contributed by atoms with E-state index in [0.29, 0.717) is 12.3 Å². The van der Waals surface area contributed by atoms with E-state index in [-0.39, 0.29) is 5.82 Å². The van der Waals surface area contributed by atoms with Crippen molar-refractivity contribution in [3.8, 4) is 11.5 Å². The molecule has 0 heterocycles. The second kappa shape index (κ2) is 6.28. The minimum absolute atomic E-state index is 0.319. The standard InChI is InChI=1S/C16H18FNO2/c1-11-4-7-15(19-2)12(8-11)10-18-14-6-5-13(17)9-16(14)20-3/h4-9,18H,10H2,1-3H3. The van der Waals surface area contributed by atoms with Gasteiger partial charge in [0.25, 0.3) is 0 Å². The quantitative estimate of drug-likeness (QED) is 0.901. The largest absolute Gasteiger partial charge is 0.496 e. The predicted octanol–water partition coefficient (Wildman–Crippen LogP) is 3.76. The van der Waals surface area contributed by atoms with Gasteiger partial charge in [-0.1, -0.05) is 17.7 Å². The molecule has 0 unspecified atom stereocenters. The monoisotopic (exact) mass is 275 g/mol. The molecular formula is C16H18FNO2. The topological polar surface area (TPSA) is 30.5 Å². The van der Waals surface area contributed by atoms with Crippen LogP contribution in [0.15, 0.2) is 36.4 Å². The van der Waals surface area contributed by atoms with Crippen molar-refractivity contribution in [1.82, 2.24) is 0 Å². The van der Waals surface area contributed by atoms with E-state index in [1.807, 2.05) is 19.1 Å². The van der Waals surface area contributed by atoms with Crippen molar-refractivity contribution in [3.05, 3.63) is 53.3 Å². The number of benzene rings is 2. The van der Waals surface area contributed by atoms with Crippen molar-refractivity contribution in [2.24, 2.45) is 0 Å². The molecule has 0 fully saturated rings. The summed E-state index contributed by atoms with van der Waals surface area (Å²) < 4.78 is 23.6. The Kier molecular flexibility index (Phi) is 4.45. The van der Waals surface area contributed by atoms with Crippen molar-refractivity contribution >= 4 is 5.69 Å². The fraction of sp³-hybridized carbons (Fsp3) is 0.250. The zero-order valence-electron chi connectivity index (χ0n) is 11.9. The van der Waals surface area contributed by atoms with Gasteiger partial charge < -0.3 is 14.8 Å². The number of rotatable bonds is 5. The molecule has 1 N–H and O–H groups in total. The van der Waals surface area contributed by atoms with Gasteiger partial charge in [-0.3, -0.25) is 0 Å². The molecule has 0 saturated heterocycles. The fourth-order valence-electron chi connectivity index (χ4n) is 2.05. The van der Waals surface area contributed by atoms with Crippen LogP contribution in [0.2, 0.25) is 0 Å². The molecule has 0 saturated carbocycles. The predicted molar refractivity (Wildman–Crippen MR) is 78.0 cm³/mol. The number of halogens is 1. The zero-order valence-corrected chi connectivity index (χ0v) is 11.9. The van der Waals surface area contributed by atoms with Crippen LogP contribution in [0, 0.1) is 12.7 Å². The van der Waals surface area contributed by atoms with Crippen molar-refractivity contribution < 1.29 is 13.9 Å². The average Bonchev–Trinajstić information content (AvgIpc) is 2.46. The SMILES string of the molecule is COc1ccc(C)cc1CNc1ccc(F)cc1OC. The fourth-order valence-corrected chi connectivity index (χ4v) is 2.05. The maximum atomic E-state index is 13.1.